The molecule has 0 aliphatic heterocycles. The van der Waals surface area contributed by atoms with E-state index >= 15 is 0 Å². The van der Waals surface area contributed by atoms with E-state index in [1.165, 1.54) is 25.7 Å². The zero-order valence-electron chi connectivity index (χ0n) is 9.54. The molecule has 1 aliphatic rings. The molecule has 1 aromatic rings. The first-order chi connectivity index (χ1) is 7.11. The second-order valence-electron chi connectivity index (χ2n) is 5.36. The molecule has 1 saturated carbocycles. The minimum Gasteiger partial charge on any atom is -0.334 e. The summed E-state index contributed by atoms with van der Waals surface area (Å²) in [5.41, 5.74) is 1.64. The highest BCUT2D eigenvalue weighted by Crippen LogP contribution is 2.40. The number of rotatable bonds is 2. The van der Waals surface area contributed by atoms with Gasteiger partial charge in [0.15, 0.2) is 0 Å². The van der Waals surface area contributed by atoms with Gasteiger partial charge in [-0.15, -0.1) is 0 Å². The van der Waals surface area contributed by atoms with Crippen LogP contribution in [0.4, 0.5) is 0 Å². The summed E-state index contributed by atoms with van der Waals surface area (Å²) < 4.78 is 2.30. The normalized spacial score (nSPS) is 25.4. The lowest BCUT2D eigenvalue weighted by atomic mass is 9.75. The molecule has 1 fully saturated rings. The molecule has 1 heterocycles. The Morgan fingerprint density at radius 3 is 3.00 bits per heavy atom. The number of alkyl halides is 1. The molecule has 1 aliphatic carbocycles. The highest BCUT2D eigenvalue weighted by atomic mass is 79.9. The van der Waals surface area contributed by atoms with Gasteiger partial charge < -0.3 is 4.57 Å². The van der Waals surface area contributed by atoms with Crippen molar-refractivity contribution in [2.24, 2.45) is 5.41 Å². The molecule has 2 rings (SSSR count). The van der Waals surface area contributed by atoms with Gasteiger partial charge in [0.2, 0.25) is 0 Å². The van der Waals surface area contributed by atoms with Crippen LogP contribution in [0, 0.1) is 5.41 Å². The average Bonchev–Trinajstić information content (AvgIpc) is 2.64. The van der Waals surface area contributed by atoms with E-state index in [2.05, 4.69) is 45.5 Å². The van der Waals surface area contributed by atoms with Gasteiger partial charge in [0.05, 0.1) is 12.0 Å². The zero-order valence-corrected chi connectivity index (χ0v) is 11.1. The summed E-state index contributed by atoms with van der Waals surface area (Å²) in [7, 11) is 0. The summed E-state index contributed by atoms with van der Waals surface area (Å²) in [5, 5.41) is 0.857. The first kappa shape index (κ1) is 11.2. The van der Waals surface area contributed by atoms with Crippen LogP contribution in [0.15, 0.2) is 12.5 Å². The first-order valence-electron chi connectivity index (χ1n) is 5.69. The van der Waals surface area contributed by atoms with Crippen molar-refractivity contribution in [1.29, 1.82) is 0 Å². The van der Waals surface area contributed by atoms with Crippen molar-refractivity contribution in [3.05, 3.63) is 18.2 Å². The van der Waals surface area contributed by atoms with E-state index in [0.29, 0.717) is 11.5 Å². The van der Waals surface area contributed by atoms with E-state index in [1.54, 1.807) is 0 Å². The Kier molecular flexibility index (Phi) is 3.19. The minimum absolute atomic E-state index is 0.502. The van der Waals surface area contributed by atoms with Gasteiger partial charge in [-0.1, -0.05) is 36.2 Å². The average molecular weight is 271 g/mol. The van der Waals surface area contributed by atoms with E-state index in [1.807, 2.05) is 6.33 Å². The number of nitrogens with zero attached hydrogens (tertiary/aromatic N) is 2. The molecular formula is C12H19BrN2. The fourth-order valence-corrected chi connectivity index (χ4v) is 2.85. The van der Waals surface area contributed by atoms with Crippen molar-refractivity contribution < 1.29 is 0 Å². The largest absolute Gasteiger partial charge is 0.334 e. The van der Waals surface area contributed by atoms with Crippen LogP contribution < -0.4 is 0 Å². The molecule has 1 unspecified atom stereocenters. The topological polar surface area (TPSA) is 17.8 Å². The van der Waals surface area contributed by atoms with E-state index in [4.69, 9.17) is 0 Å². The molecule has 0 amide bonds. The Balaban J connectivity index is 2.10. The lowest BCUT2D eigenvalue weighted by molar-refractivity contribution is 0.183. The van der Waals surface area contributed by atoms with Gasteiger partial charge in [0.25, 0.3) is 0 Å². The molecule has 0 spiro atoms. The SMILES string of the molecule is CC1(C)CCCC(n2cnc(CBr)c2)C1. The van der Waals surface area contributed by atoms with Crippen LogP contribution in [0.25, 0.3) is 0 Å². The third kappa shape index (κ3) is 2.63. The Labute approximate surface area is 100 Å². The van der Waals surface area contributed by atoms with Crippen LogP contribution in [0.1, 0.15) is 51.3 Å². The van der Waals surface area contributed by atoms with Gasteiger partial charge >= 0.3 is 0 Å². The molecule has 0 aromatic carbocycles. The summed E-state index contributed by atoms with van der Waals surface area (Å²) in [6.07, 6.45) is 9.47. The van der Waals surface area contributed by atoms with Gasteiger partial charge in [0, 0.05) is 17.6 Å². The molecule has 15 heavy (non-hydrogen) atoms. The van der Waals surface area contributed by atoms with Gasteiger partial charge in [-0.25, -0.2) is 4.98 Å². The molecule has 1 atom stereocenters. The van der Waals surface area contributed by atoms with Crippen molar-refractivity contribution in [2.45, 2.75) is 50.9 Å². The fourth-order valence-electron chi connectivity index (χ4n) is 2.56. The van der Waals surface area contributed by atoms with E-state index in [9.17, 15) is 0 Å². The molecule has 0 bridgehead atoms. The van der Waals surface area contributed by atoms with Crippen LogP contribution in [-0.2, 0) is 5.33 Å². The van der Waals surface area contributed by atoms with Crippen LogP contribution in [0.3, 0.4) is 0 Å². The highest BCUT2D eigenvalue weighted by molar-refractivity contribution is 9.08. The number of hydrogen-bond donors (Lipinski definition) is 0. The molecule has 1 aromatic heterocycles. The third-order valence-corrected chi connectivity index (χ3v) is 3.97. The van der Waals surface area contributed by atoms with E-state index < -0.39 is 0 Å². The van der Waals surface area contributed by atoms with Crippen molar-refractivity contribution in [3.63, 3.8) is 0 Å². The lowest BCUT2D eigenvalue weighted by Crippen LogP contribution is -2.24. The third-order valence-electron chi connectivity index (χ3n) is 3.39. The van der Waals surface area contributed by atoms with Crippen LogP contribution in [0.2, 0.25) is 0 Å². The van der Waals surface area contributed by atoms with Gasteiger partial charge in [-0.2, -0.15) is 0 Å². The van der Waals surface area contributed by atoms with Crippen LogP contribution >= 0.6 is 15.9 Å². The predicted molar refractivity (Wildman–Crippen MR) is 66.1 cm³/mol. The molecule has 0 saturated heterocycles. The van der Waals surface area contributed by atoms with E-state index in [0.717, 1.165) is 11.0 Å². The molecule has 3 heteroatoms. The monoisotopic (exact) mass is 270 g/mol. The quantitative estimate of drug-likeness (QED) is 0.745. The summed E-state index contributed by atoms with van der Waals surface area (Å²) in [6, 6.07) is 0.661. The fraction of sp³-hybridized carbons (Fsp3) is 0.750. The maximum atomic E-state index is 4.37. The second kappa shape index (κ2) is 4.28. The number of aromatic nitrogens is 2. The number of imidazole rings is 1. The van der Waals surface area contributed by atoms with Gasteiger partial charge in [-0.3, -0.25) is 0 Å². The first-order valence-corrected chi connectivity index (χ1v) is 6.81. The molecule has 0 N–H and O–H groups in total. The molecule has 0 radical (unpaired) electrons. The van der Waals surface area contributed by atoms with Crippen molar-refractivity contribution in [3.8, 4) is 0 Å². The maximum absolute atomic E-state index is 4.37. The summed E-state index contributed by atoms with van der Waals surface area (Å²) in [4.78, 5) is 4.37. The summed E-state index contributed by atoms with van der Waals surface area (Å²) >= 11 is 3.44. The predicted octanol–water partition coefficient (Wildman–Crippen LogP) is 3.92. The van der Waals surface area contributed by atoms with E-state index in [-0.39, 0.29) is 0 Å². The summed E-state index contributed by atoms with van der Waals surface area (Å²) in [6.45, 7) is 4.75. The van der Waals surface area contributed by atoms with Crippen molar-refractivity contribution in [2.75, 3.05) is 0 Å². The Morgan fingerprint density at radius 1 is 1.60 bits per heavy atom. The Bertz CT molecular complexity index is 330. The lowest BCUT2D eigenvalue weighted by Gasteiger charge is -2.35. The van der Waals surface area contributed by atoms with Gasteiger partial charge in [-0.05, 0) is 24.7 Å². The maximum Gasteiger partial charge on any atom is 0.0952 e. The standard InChI is InChI=1S/C12H19BrN2/c1-12(2)5-3-4-11(6-12)15-8-10(7-13)14-9-15/h8-9,11H,3-7H2,1-2H3. The highest BCUT2D eigenvalue weighted by Gasteiger charge is 2.28. The van der Waals surface area contributed by atoms with Crippen LogP contribution in [-0.4, -0.2) is 9.55 Å². The number of hydrogen-bond acceptors (Lipinski definition) is 1. The number of halogens is 1. The molecular weight excluding hydrogens is 252 g/mol. The zero-order chi connectivity index (χ0) is 10.9. The molecule has 2 nitrogen and oxygen atoms in total. The van der Waals surface area contributed by atoms with Crippen molar-refractivity contribution in [1.82, 2.24) is 9.55 Å². The van der Waals surface area contributed by atoms with Gasteiger partial charge in [0.1, 0.15) is 0 Å². The Hall–Kier alpha value is -0.310. The minimum atomic E-state index is 0.502. The molecule has 84 valence electrons. The smallest absolute Gasteiger partial charge is 0.0952 e. The summed E-state index contributed by atoms with van der Waals surface area (Å²) in [5.74, 6) is 0. The van der Waals surface area contributed by atoms with Crippen molar-refractivity contribution >= 4 is 15.9 Å². The second-order valence-corrected chi connectivity index (χ2v) is 5.92. The Morgan fingerprint density at radius 2 is 2.40 bits per heavy atom. The van der Waals surface area contributed by atoms with Crippen LogP contribution in [0.5, 0.6) is 0 Å².